The van der Waals surface area contributed by atoms with E-state index in [-0.39, 0.29) is 22.8 Å². The zero-order valence-corrected chi connectivity index (χ0v) is 25.9. The molecule has 1 aromatic heterocycles. The lowest BCUT2D eigenvalue weighted by atomic mass is 9.87. The van der Waals surface area contributed by atoms with Gasteiger partial charge in [-0.05, 0) is 78.8 Å². The van der Waals surface area contributed by atoms with Crippen LogP contribution in [0.25, 0.3) is 11.3 Å². The monoisotopic (exact) mass is 600 g/mol. The molecule has 2 aromatic carbocycles. The smallest absolute Gasteiger partial charge is 0.289 e. The maximum atomic E-state index is 14.8. The number of benzene rings is 2. The molecule has 0 radical (unpaired) electrons. The van der Waals surface area contributed by atoms with Crippen molar-refractivity contribution in [1.82, 2.24) is 20.0 Å². The number of nitrogens with one attached hydrogen (secondary N) is 3. The summed E-state index contributed by atoms with van der Waals surface area (Å²) in [5.41, 5.74) is 3.00. The molecule has 3 heterocycles. The fourth-order valence-electron chi connectivity index (χ4n) is 5.28. The van der Waals surface area contributed by atoms with Gasteiger partial charge in [0.1, 0.15) is 17.7 Å². The van der Waals surface area contributed by atoms with Crippen molar-refractivity contribution in [2.24, 2.45) is 7.05 Å². The normalized spacial score (nSPS) is 18.3. The van der Waals surface area contributed by atoms with Crippen LogP contribution in [0, 0.1) is 5.82 Å². The lowest BCUT2D eigenvalue weighted by Crippen LogP contribution is -2.43. The highest BCUT2D eigenvalue weighted by Crippen LogP contribution is 2.27. The average molecular weight is 601 g/mol. The molecule has 0 saturated carbocycles. The molecule has 4 N–H and O–H groups in total. The predicted molar refractivity (Wildman–Crippen MR) is 172 cm³/mol. The minimum absolute atomic E-state index is 0.0180. The highest BCUT2D eigenvalue weighted by molar-refractivity contribution is 6.04. The molecule has 5 rings (SSSR count). The summed E-state index contributed by atoms with van der Waals surface area (Å²) >= 11 is 0. The maximum absolute atomic E-state index is 14.8. The summed E-state index contributed by atoms with van der Waals surface area (Å²) in [7, 11) is 1.56. The molecule has 1 saturated heterocycles. The fraction of sp³-hybridized carbons (Fsp3) is 0.382. The number of halogens is 1. The second-order valence-corrected chi connectivity index (χ2v) is 13.0. The molecule has 232 valence electrons. The van der Waals surface area contributed by atoms with Gasteiger partial charge in [-0.25, -0.2) is 9.07 Å². The molecule has 2 aliphatic heterocycles. The first kappa shape index (κ1) is 31.2. The number of likely N-dealkylation sites (tertiary alicyclic amines) is 1. The Kier molecular flexibility index (Phi) is 8.76. The van der Waals surface area contributed by atoms with Crippen LogP contribution in [0.15, 0.2) is 77.3 Å². The zero-order chi connectivity index (χ0) is 31.6. The third-order valence-corrected chi connectivity index (χ3v) is 8.19. The molecule has 0 bridgehead atoms. The lowest BCUT2D eigenvalue weighted by Gasteiger charge is -2.36. The van der Waals surface area contributed by atoms with Crippen LogP contribution in [0.4, 0.5) is 15.8 Å². The topological polar surface area (TPSA) is 112 Å². The number of anilines is 2. The second-order valence-electron chi connectivity index (χ2n) is 13.0. The van der Waals surface area contributed by atoms with E-state index in [9.17, 15) is 19.1 Å². The Morgan fingerprint density at radius 1 is 1.11 bits per heavy atom. The maximum Gasteiger partial charge on any atom is 0.289 e. The SMILES string of the molecule is Cn1nc(-c2ccc(F)c(NC(=O)c3ccc(C(C)(C)C)cc3)c2)cc(NC2C=CC(CN3CCC(C)(O)CC3)=CN2)c1=O. The zero-order valence-electron chi connectivity index (χ0n) is 25.9. The van der Waals surface area contributed by atoms with Gasteiger partial charge >= 0.3 is 0 Å². The van der Waals surface area contributed by atoms with Gasteiger partial charge in [0, 0.05) is 44.0 Å². The molecule has 2 aliphatic rings. The van der Waals surface area contributed by atoms with Gasteiger partial charge in [-0.2, -0.15) is 5.10 Å². The van der Waals surface area contributed by atoms with Crippen molar-refractivity contribution in [2.75, 3.05) is 30.3 Å². The summed E-state index contributed by atoms with van der Waals surface area (Å²) in [6, 6.07) is 13.2. The third-order valence-electron chi connectivity index (χ3n) is 8.19. The summed E-state index contributed by atoms with van der Waals surface area (Å²) in [4.78, 5) is 28.2. The molecular formula is C34H41FN6O3. The standard InChI is InChI=1S/C34H41FN6O3/c1-33(2,3)25-10-7-23(8-11-25)31(42)38-28-18-24(9-12-26(28)35)27-19-29(32(43)40(5)39-27)37-30-13-6-22(20-36-30)21-41-16-14-34(4,44)15-17-41/h6-13,18-20,30,36-37,44H,14-17,21H2,1-5H3,(H,38,42). The second kappa shape index (κ2) is 12.4. The predicted octanol–water partition coefficient (Wildman–Crippen LogP) is 4.76. The Morgan fingerprint density at radius 2 is 1.82 bits per heavy atom. The Morgan fingerprint density at radius 3 is 2.45 bits per heavy atom. The highest BCUT2D eigenvalue weighted by atomic mass is 19.1. The van der Waals surface area contributed by atoms with Crippen molar-refractivity contribution in [1.29, 1.82) is 0 Å². The fourth-order valence-corrected chi connectivity index (χ4v) is 5.28. The van der Waals surface area contributed by atoms with Crippen LogP contribution in [0.5, 0.6) is 0 Å². The van der Waals surface area contributed by atoms with Crippen molar-refractivity contribution >= 4 is 17.3 Å². The molecule has 1 amide bonds. The van der Waals surface area contributed by atoms with Crippen LogP contribution >= 0.6 is 0 Å². The van der Waals surface area contributed by atoms with Gasteiger partial charge < -0.3 is 21.1 Å². The molecular weight excluding hydrogens is 559 g/mol. The van der Waals surface area contributed by atoms with Crippen LogP contribution in [-0.2, 0) is 12.5 Å². The minimum Gasteiger partial charge on any atom is -0.390 e. The molecule has 44 heavy (non-hydrogen) atoms. The van der Waals surface area contributed by atoms with Crippen LogP contribution in [0.2, 0.25) is 0 Å². The van der Waals surface area contributed by atoms with Gasteiger partial charge in [-0.3, -0.25) is 14.5 Å². The Bertz CT molecular complexity index is 1640. The van der Waals surface area contributed by atoms with Crippen LogP contribution < -0.4 is 21.5 Å². The molecule has 0 aliphatic carbocycles. The number of carbonyl (C=O) groups excluding carboxylic acids is 1. The van der Waals surface area contributed by atoms with Crippen molar-refractivity contribution < 1.29 is 14.3 Å². The van der Waals surface area contributed by atoms with Crippen LogP contribution in [-0.4, -0.2) is 57.1 Å². The highest BCUT2D eigenvalue weighted by Gasteiger charge is 2.27. The number of amides is 1. The van der Waals surface area contributed by atoms with Gasteiger partial charge in [0.2, 0.25) is 0 Å². The molecule has 1 unspecified atom stereocenters. The minimum atomic E-state index is -0.585. The van der Waals surface area contributed by atoms with E-state index < -0.39 is 17.3 Å². The molecule has 1 fully saturated rings. The van der Waals surface area contributed by atoms with Crippen molar-refractivity contribution in [3.63, 3.8) is 0 Å². The molecule has 1 atom stereocenters. The van der Waals surface area contributed by atoms with E-state index in [4.69, 9.17) is 0 Å². The number of hydrogen-bond acceptors (Lipinski definition) is 7. The average Bonchev–Trinajstić information content (AvgIpc) is 2.98. The number of aliphatic hydroxyl groups is 1. The van der Waals surface area contributed by atoms with Crippen molar-refractivity contribution in [3.05, 3.63) is 99.8 Å². The number of carbonyl (C=O) groups is 1. The Hall–Kier alpha value is -4.28. The number of aryl methyl sites for hydroxylation is 1. The van der Waals surface area contributed by atoms with E-state index in [0.717, 1.165) is 43.6 Å². The largest absolute Gasteiger partial charge is 0.390 e. The molecule has 9 nitrogen and oxygen atoms in total. The quantitative estimate of drug-likeness (QED) is 0.309. The van der Waals surface area contributed by atoms with Crippen LogP contribution in [0.3, 0.4) is 0 Å². The Balaban J connectivity index is 1.27. The van der Waals surface area contributed by atoms with Gasteiger partial charge in [0.15, 0.2) is 0 Å². The summed E-state index contributed by atoms with van der Waals surface area (Å²) < 4.78 is 16.0. The number of hydrogen-bond donors (Lipinski definition) is 4. The van der Waals surface area contributed by atoms with E-state index in [2.05, 4.69) is 46.7 Å². The van der Waals surface area contributed by atoms with E-state index in [1.165, 1.54) is 16.8 Å². The number of piperidine rings is 1. The first-order valence-electron chi connectivity index (χ1n) is 14.9. The van der Waals surface area contributed by atoms with E-state index in [1.54, 1.807) is 31.3 Å². The summed E-state index contributed by atoms with van der Waals surface area (Å²) in [5.74, 6) is -1.00. The number of rotatable bonds is 7. The number of dihydropyridines is 1. The van der Waals surface area contributed by atoms with E-state index >= 15 is 0 Å². The summed E-state index contributed by atoms with van der Waals surface area (Å²) in [5, 5.41) is 23.8. The third kappa shape index (κ3) is 7.43. The van der Waals surface area contributed by atoms with Crippen molar-refractivity contribution in [3.8, 4) is 11.3 Å². The van der Waals surface area contributed by atoms with Crippen molar-refractivity contribution in [2.45, 2.75) is 57.7 Å². The van der Waals surface area contributed by atoms with E-state index in [0.29, 0.717) is 22.5 Å². The first-order chi connectivity index (χ1) is 20.8. The lowest BCUT2D eigenvalue weighted by molar-refractivity contribution is -0.00290. The molecule has 3 aromatic rings. The van der Waals surface area contributed by atoms with Gasteiger partial charge in [-0.15, -0.1) is 0 Å². The summed E-state index contributed by atoms with van der Waals surface area (Å²) in [6.07, 6.45) is 7.10. The van der Waals surface area contributed by atoms with Crippen LogP contribution in [0.1, 0.15) is 56.5 Å². The Labute approximate surface area is 257 Å². The first-order valence-corrected chi connectivity index (χ1v) is 14.9. The molecule has 0 spiro atoms. The van der Waals surface area contributed by atoms with E-state index in [1.807, 2.05) is 37.4 Å². The number of aromatic nitrogens is 2. The van der Waals surface area contributed by atoms with Gasteiger partial charge in [0.25, 0.3) is 11.5 Å². The van der Waals surface area contributed by atoms with Gasteiger partial charge in [-0.1, -0.05) is 39.0 Å². The molecule has 10 heteroatoms. The number of nitrogens with zero attached hydrogens (tertiary/aromatic N) is 3. The van der Waals surface area contributed by atoms with Gasteiger partial charge in [0.05, 0.1) is 17.0 Å². The summed E-state index contributed by atoms with van der Waals surface area (Å²) in [6.45, 7) is 10.6.